The average Bonchev–Trinajstić information content (AvgIpc) is 2.80. The fourth-order valence-corrected chi connectivity index (χ4v) is 2.44. The number of piperazine rings is 1. The third kappa shape index (κ3) is 1.14. The van der Waals surface area contributed by atoms with E-state index in [1.807, 2.05) is 12.3 Å². The molecular weight excluding hydrogens is 176 g/mol. The molecular formula is C10H14N4. The van der Waals surface area contributed by atoms with Gasteiger partial charge in [-0.05, 0) is 18.6 Å². The molecule has 3 heterocycles. The number of rotatable bonds is 1. The van der Waals surface area contributed by atoms with Gasteiger partial charge in [-0.1, -0.05) is 0 Å². The van der Waals surface area contributed by atoms with Crippen molar-refractivity contribution in [3.8, 4) is 0 Å². The summed E-state index contributed by atoms with van der Waals surface area (Å²) in [5.74, 6) is 0.594. The van der Waals surface area contributed by atoms with E-state index in [0.717, 1.165) is 13.1 Å². The van der Waals surface area contributed by atoms with Crippen LogP contribution in [0.1, 0.15) is 6.42 Å². The zero-order valence-corrected chi connectivity index (χ0v) is 7.98. The summed E-state index contributed by atoms with van der Waals surface area (Å²) in [6.07, 6.45) is 3.14. The number of fused-ring (bicyclic) bond motifs is 2. The van der Waals surface area contributed by atoms with Gasteiger partial charge in [0.15, 0.2) is 0 Å². The Morgan fingerprint density at radius 2 is 2.43 bits per heavy atom. The SMILES string of the molecule is Nc1ccc(N2CC3CC2CN3)cn1. The molecule has 2 saturated heterocycles. The highest BCUT2D eigenvalue weighted by Gasteiger charge is 2.37. The molecule has 0 saturated carbocycles. The van der Waals surface area contributed by atoms with Crippen LogP contribution >= 0.6 is 0 Å². The quantitative estimate of drug-likeness (QED) is 0.665. The Morgan fingerprint density at radius 3 is 3.00 bits per heavy atom. The van der Waals surface area contributed by atoms with Crippen LogP contribution in [-0.4, -0.2) is 30.2 Å². The molecule has 1 aromatic heterocycles. The number of nitrogens with one attached hydrogen (secondary N) is 1. The van der Waals surface area contributed by atoms with Crippen molar-refractivity contribution in [2.45, 2.75) is 18.5 Å². The topological polar surface area (TPSA) is 54.2 Å². The summed E-state index contributed by atoms with van der Waals surface area (Å²) in [6, 6.07) is 5.26. The van der Waals surface area contributed by atoms with Crippen molar-refractivity contribution in [3.05, 3.63) is 18.3 Å². The summed E-state index contributed by atoms with van der Waals surface area (Å²) >= 11 is 0. The molecule has 2 bridgehead atoms. The first-order chi connectivity index (χ1) is 6.83. The van der Waals surface area contributed by atoms with Gasteiger partial charge in [0.05, 0.1) is 11.9 Å². The number of nitrogen functional groups attached to an aromatic ring is 1. The van der Waals surface area contributed by atoms with Crippen molar-refractivity contribution >= 4 is 11.5 Å². The lowest BCUT2D eigenvalue weighted by molar-refractivity contribution is 0.580. The van der Waals surface area contributed by atoms with Gasteiger partial charge in [-0.2, -0.15) is 0 Å². The largest absolute Gasteiger partial charge is 0.384 e. The van der Waals surface area contributed by atoms with Crippen molar-refractivity contribution in [1.29, 1.82) is 0 Å². The van der Waals surface area contributed by atoms with E-state index in [4.69, 9.17) is 5.73 Å². The predicted octanol–water partition coefficient (Wildman–Crippen LogP) is 0.214. The third-order valence-electron chi connectivity index (χ3n) is 3.16. The molecule has 3 N–H and O–H groups in total. The Hall–Kier alpha value is -1.29. The molecule has 1 aromatic rings. The fraction of sp³-hybridized carbons (Fsp3) is 0.500. The minimum absolute atomic E-state index is 0.594. The smallest absolute Gasteiger partial charge is 0.123 e. The maximum Gasteiger partial charge on any atom is 0.123 e. The molecule has 0 spiro atoms. The summed E-state index contributed by atoms with van der Waals surface area (Å²) < 4.78 is 0. The maximum absolute atomic E-state index is 5.56. The lowest BCUT2D eigenvalue weighted by Crippen LogP contribution is -2.43. The fourth-order valence-electron chi connectivity index (χ4n) is 2.44. The van der Waals surface area contributed by atoms with Crippen molar-refractivity contribution < 1.29 is 0 Å². The Labute approximate surface area is 83.1 Å². The molecule has 3 rings (SSSR count). The minimum atomic E-state index is 0.594. The lowest BCUT2D eigenvalue weighted by atomic mass is 10.2. The third-order valence-corrected chi connectivity index (χ3v) is 3.16. The molecule has 2 unspecified atom stereocenters. The molecule has 2 aliphatic heterocycles. The number of anilines is 2. The first-order valence-electron chi connectivity index (χ1n) is 5.04. The van der Waals surface area contributed by atoms with Crippen LogP contribution in [0, 0.1) is 0 Å². The average molecular weight is 190 g/mol. The predicted molar refractivity (Wildman–Crippen MR) is 56.2 cm³/mol. The summed E-state index contributed by atoms with van der Waals surface area (Å²) in [7, 11) is 0. The van der Waals surface area contributed by atoms with E-state index < -0.39 is 0 Å². The van der Waals surface area contributed by atoms with Crippen molar-refractivity contribution in [2.75, 3.05) is 23.7 Å². The monoisotopic (exact) mass is 190 g/mol. The van der Waals surface area contributed by atoms with Gasteiger partial charge in [-0.15, -0.1) is 0 Å². The van der Waals surface area contributed by atoms with Crippen LogP contribution in [-0.2, 0) is 0 Å². The van der Waals surface area contributed by atoms with Gasteiger partial charge in [0.25, 0.3) is 0 Å². The van der Waals surface area contributed by atoms with Gasteiger partial charge in [-0.25, -0.2) is 4.98 Å². The molecule has 0 radical (unpaired) electrons. The summed E-state index contributed by atoms with van der Waals surface area (Å²) in [5, 5.41) is 3.48. The van der Waals surface area contributed by atoms with Crippen LogP contribution < -0.4 is 16.0 Å². The number of nitrogens with two attached hydrogens (primary N) is 1. The van der Waals surface area contributed by atoms with E-state index >= 15 is 0 Å². The van der Waals surface area contributed by atoms with E-state index in [-0.39, 0.29) is 0 Å². The number of hydrogen-bond acceptors (Lipinski definition) is 4. The Morgan fingerprint density at radius 1 is 1.50 bits per heavy atom. The molecule has 2 fully saturated rings. The number of hydrogen-bond donors (Lipinski definition) is 2. The number of pyridine rings is 1. The van der Waals surface area contributed by atoms with Gasteiger partial charge >= 0.3 is 0 Å². The van der Waals surface area contributed by atoms with Gasteiger partial charge in [-0.3, -0.25) is 0 Å². The van der Waals surface area contributed by atoms with Crippen LogP contribution in [0.25, 0.3) is 0 Å². The number of nitrogens with zero attached hydrogens (tertiary/aromatic N) is 2. The maximum atomic E-state index is 5.56. The first-order valence-corrected chi connectivity index (χ1v) is 5.04. The van der Waals surface area contributed by atoms with Crippen LogP contribution in [0.15, 0.2) is 18.3 Å². The van der Waals surface area contributed by atoms with Crippen molar-refractivity contribution in [2.24, 2.45) is 0 Å². The van der Waals surface area contributed by atoms with Crippen LogP contribution in [0.3, 0.4) is 0 Å². The molecule has 2 aliphatic rings. The second-order valence-electron chi connectivity index (χ2n) is 4.09. The van der Waals surface area contributed by atoms with Gasteiger partial charge < -0.3 is 16.0 Å². The van der Waals surface area contributed by atoms with E-state index in [1.165, 1.54) is 12.1 Å². The summed E-state index contributed by atoms with van der Waals surface area (Å²) in [4.78, 5) is 6.55. The zero-order valence-electron chi connectivity index (χ0n) is 7.98. The van der Waals surface area contributed by atoms with Crippen LogP contribution in [0.5, 0.6) is 0 Å². The van der Waals surface area contributed by atoms with Crippen molar-refractivity contribution in [1.82, 2.24) is 10.3 Å². The van der Waals surface area contributed by atoms with E-state index in [2.05, 4.69) is 21.3 Å². The summed E-state index contributed by atoms with van der Waals surface area (Å²) in [6.45, 7) is 2.21. The minimum Gasteiger partial charge on any atom is -0.384 e. The highest BCUT2D eigenvalue weighted by atomic mass is 15.3. The Bertz CT molecular complexity index is 334. The zero-order chi connectivity index (χ0) is 9.54. The molecule has 2 atom stereocenters. The Kier molecular flexibility index (Phi) is 1.64. The van der Waals surface area contributed by atoms with Gasteiger partial charge in [0.1, 0.15) is 5.82 Å². The highest BCUT2D eigenvalue weighted by molar-refractivity contribution is 5.51. The molecule has 4 nitrogen and oxygen atoms in total. The second-order valence-corrected chi connectivity index (χ2v) is 4.09. The lowest BCUT2D eigenvalue weighted by Gasteiger charge is -2.29. The van der Waals surface area contributed by atoms with Crippen LogP contribution in [0.4, 0.5) is 11.5 Å². The van der Waals surface area contributed by atoms with E-state index in [9.17, 15) is 0 Å². The molecule has 74 valence electrons. The van der Waals surface area contributed by atoms with Gasteiger partial charge in [0.2, 0.25) is 0 Å². The molecule has 0 amide bonds. The Balaban J connectivity index is 1.86. The van der Waals surface area contributed by atoms with E-state index in [1.54, 1.807) is 0 Å². The molecule has 0 aliphatic carbocycles. The van der Waals surface area contributed by atoms with Gasteiger partial charge in [0, 0.05) is 25.2 Å². The normalized spacial score (nSPS) is 29.9. The van der Waals surface area contributed by atoms with E-state index in [0.29, 0.717) is 17.9 Å². The standard InChI is InChI=1S/C10H14N4/c11-10-2-1-8(4-13-10)14-6-7-3-9(14)5-12-7/h1-2,4,7,9,12H,3,5-6H2,(H2,11,13). The molecule has 14 heavy (non-hydrogen) atoms. The second kappa shape index (κ2) is 2.85. The number of aromatic nitrogens is 1. The summed E-state index contributed by atoms with van der Waals surface area (Å²) in [5.41, 5.74) is 6.76. The highest BCUT2D eigenvalue weighted by Crippen LogP contribution is 2.28. The molecule has 0 aromatic carbocycles. The van der Waals surface area contributed by atoms with Crippen molar-refractivity contribution in [3.63, 3.8) is 0 Å². The molecule has 4 heteroatoms. The van der Waals surface area contributed by atoms with Crippen LogP contribution in [0.2, 0.25) is 0 Å². The first kappa shape index (κ1) is 8.05.